The Labute approximate surface area is 158 Å². The van der Waals surface area contributed by atoms with Crippen LogP contribution in [0.3, 0.4) is 0 Å². The molecule has 27 heavy (non-hydrogen) atoms. The molecule has 144 valence electrons. The molecule has 0 saturated carbocycles. The standard InChI is InChI=1S/C18H21FN4O3S/c19-16-5-7-17(8-6-16)27(25,26)23-13-1-4-15(14-23)18(24)22(11-2-9-20)12-3-10-21/h5-8,15H,1-4,11-14H2. The van der Waals surface area contributed by atoms with Crippen molar-refractivity contribution < 1.29 is 17.6 Å². The lowest BCUT2D eigenvalue weighted by molar-refractivity contribution is -0.136. The van der Waals surface area contributed by atoms with E-state index in [1.54, 1.807) is 0 Å². The Balaban J connectivity index is 2.13. The third-order valence-electron chi connectivity index (χ3n) is 4.48. The van der Waals surface area contributed by atoms with Gasteiger partial charge < -0.3 is 4.90 Å². The summed E-state index contributed by atoms with van der Waals surface area (Å²) >= 11 is 0. The van der Waals surface area contributed by atoms with Gasteiger partial charge in [0.1, 0.15) is 5.82 Å². The van der Waals surface area contributed by atoms with Crippen LogP contribution < -0.4 is 0 Å². The minimum absolute atomic E-state index is 0.0113. The van der Waals surface area contributed by atoms with Crippen molar-refractivity contribution in [1.82, 2.24) is 9.21 Å². The molecule has 1 aromatic rings. The zero-order valence-electron chi connectivity index (χ0n) is 14.8. The Morgan fingerprint density at radius 3 is 2.33 bits per heavy atom. The first-order valence-electron chi connectivity index (χ1n) is 8.68. The number of benzene rings is 1. The topological polar surface area (TPSA) is 105 Å². The monoisotopic (exact) mass is 392 g/mol. The predicted octanol–water partition coefficient (Wildman–Crippen LogP) is 1.88. The normalized spacial score (nSPS) is 17.7. The molecule has 0 aliphatic carbocycles. The van der Waals surface area contributed by atoms with Gasteiger partial charge in [-0.1, -0.05) is 0 Å². The van der Waals surface area contributed by atoms with Gasteiger partial charge in [0.2, 0.25) is 15.9 Å². The van der Waals surface area contributed by atoms with E-state index >= 15 is 0 Å². The number of nitrogens with zero attached hydrogens (tertiary/aromatic N) is 4. The number of carbonyl (C=O) groups is 1. The minimum Gasteiger partial charge on any atom is -0.340 e. The van der Waals surface area contributed by atoms with Gasteiger partial charge in [-0.05, 0) is 37.1 Å². The van der Waals surface area contributed by atoms with E-state index in [1.165, 1.54) is 21.3 Å². The van der Waals surface area contributed by atoms with E-state index in [0.717, 1.165) is 12.1 Å². The van der Waals surface area contributed by atoms with Gasteiger partial charge in [-0.2, -0.15) is 14.8 Å². The first kappa shape index (κ1) is 20.8. The smallest absolute Gasteiger partial charge is 0.243 e. The highest BCUT2D eigenvalue weighted by Gasteiger charge is 2.34. The average molecular weight is 392 g/mol. The molecule has 1 atom stereocenters. The molecule has 0 spiro atoms. The summed E-state index contributed by atoms with van der Waals surface area (Å²) in [4.78, 5) is 14.3. The van der Waals surface area contributed by atoms with E-state index in [9.17, 15) is 17.6 Å². The molecule has 1 saturated heterocycles. The van der Waals surface area contributed by atoms with Gasteiger partial charge in [-0.3, -0.25) is 4.79 Å². The van der Waals surface area contributed by atoms with Crippen LogP contribution >= 0.6 is 0 Å². The van der Waals surface area contributed by atoms with E-state index in [0.29, 0.717) is 19.4 Å². The quantitative estimate of drug-likeness (QED) is 0.704. The number of carbonyl (C=O) groups excluding carboxylic acids is 1. The molecule has 1 unspecified atom stereocenters. The summed E-state index contributed by atoms with van der Waals surface area (Å²) in [6.45, 7) is 0.768. The highest BCUT2D eigenvalue weighted by molar-refractivity contribution is 7.89. The Morgan fingerprint density at radius 1 is 1.19 bits per heavy atom. The SMILES string of the molecule is N#CCCN(CCC#N)C(=O)C1CCCN(S(=O)(=O)c2ccc(F)cc2)C1. The maximum absolute atomic E-state index is 13.1. The van der Waals surface area contributed by atoms with Gasteiger partial charge in [0, 0.05) is 26.2 Å². The van der Waals surface area contributed by atoms with Crippen molar-refractivity contribution in [2.24, 2.45) is 5.92 Å². The first-order valence-corrected chi connectivity index (χ1v) is 10.1. The van der Waals surface area contributed by atoms with Gasteiger partial charge in [-0.15, -0.1) is 0 Å². The summed E-state index contributed by atoms with van der Waals surface area (Å²) in [6.07, 6.45) is 1.38. The van der Waals surface area contributed by atoms with E-state index in [-0.39, 0.29) is 43.3 Å². The third kappa shape index (κ3) is 5.25. The lowest BCUT2D eigenvalue weighted by atomic mass is 9.98. The predicted molar refractivity (Wildman–Crippen MR) is 94.9 cm³/mol. The van der Waals surface area contributed by atoms with E-state index in [2.05, 4.69) is 0 Å². The molecule has 0 aromatic heterocycles. The number of hydrogen-bond donors (Lipinski definition) is 0. The van der Waals surface area contributed by atoms with Crippen molar-refractivity contribution in [2.45, 2.75) is 30.6 Å². The van der Waals surface area contributed by atoms with Crippen molar-refractivity contribution in [1.29, 1.82) is 10.5 Å². The van der Waals surface area contributed by atoms with Crippen LogP contribution in [0.15, 0.2) is 29.2 Å². The summed E-state index contributed by atoms with van der Waals surface area (Å²) in [5.74, 6) is -1.28. The molecule has 0 N–H and O–H groups in total. The number of halogens is 1. The lowest BCUT2D eigenvalue weighted by Gasteiger charge is -2.34. The highest BCUT2D eigenvalue weighted by atomic mass is 32.2. The molecule has 2 rings (SSSR count). The van der Waals surface area contributed by atoms with E-state index in [4.69, 9.17) is 10.5 Å². The number of amides is 1. The summed E-state index contributed by atoms with van der Waals surface area (Å²) < 4.78 is 39.9. The number of hydrogen-bond acceptors (Lipinski definition) is 5. The van der Waals surface area contributed by atoms with Crippen LogP contribution in [0.1, 0.15) is 25.7 Å². The number of sulfonamides is 1. The number of nitriles is 2. The molecule has 1 aliphatic heterocycles. The van der Waals surface area contributed by atoms with Gasteiger partial charge in [0.25, 0.3) is 0 Å². The van der Waals surface area contributed by atoms with Gasteiger partial charge in [0.15, 0.2) is 0 Å². The van der Waals surface area contributed by atoms with Crippen LogP contribution in [-0.2, 0) is 14.8 Å². The molecule has 0 bridgehead atoms. The average Bonchev–Trinajstić information content (AvgIpc) is 2.68. The first-order chi connectivity index (χ1) is 12.9. The number of rotatable bonds is 7. The molecular formula is C18H21FN4O3S. The van der Waals surface area contributed by atoms with Gasteiger partial charge in [0.05, 0.1) is 35.8 Å². The second-order valence-electron chi connectivity index (χ2n) is 6.30. The summed E-state index contributed by atoms with van der Waals surface area (Å²) in [5.41, 5.74) is 0. The molecule has 1 amide bonds. The van der Waals surface area contributed by atoms with Crippen molar-refractivity contribution in [3.63, 3.8) is 0 Å². The Morgan fingerprint density at radius 2 is 1.78 bits per heavy atom. The largest absolute Gasteiger partial charge is 0.340 e. The molecule has 1 aliphatic rings. The molecular weight excluding hydrogens is 371 g/mol. The van der Waals surface area contributed by atoms with Gasteiger partial charge in [-0.25, -0.2) is 12.8 Å². The summed E-state index contributed by atoms with van der Waals surface area (Å²) in [6, 6.07) is 8.55. The molecule has 1 fully saturated rings. The van der Waals surface area contributed by atoms with Crippen LogP contribution in [0.5, 0.6) is 0 Å². The summed E-state index contributed by atoms with van der Waals surface area (Å²) in [7, 11) is -3.81. The Kier molecular flexibility index (Phi) is 7.28. The Bertz CT molecular complexity index is 825. The molecule has 1 heterocycles. The fourth-order valence-corrected chi connectivity index (χ4v) is 4.60. The molecule has 1 aromatic carbocycles. The second-order valence-corrected chi connectivity index (χ2v) is 8.24. The zero-order chi connectivity index (χ0) is 19.9. The Hall–Kier alpha value is -2.49. The number of piperidine rings is 1. The van der Waals surface area contributed by atoms with Crippen molar-refractivity contribution in [2.75, 3.05) is 26.2 Å². The fourth-order valence-electron chi connectivity index (χ4n) is 3.08. The zero-order valence-corrected chi connectivity index (χ0v) is 15.7. The maximum Gasteiger partial charge on any atom is 0.243 e. The van der Waals surface area contributed by atoms with Crippen molar-refractivity contribution in [3.8, 4) is 12.1 Å². The second kappa shape index (κ2) is 9.45. The van der Waals surface area contributed by atoms with Crippen LogP contribution in [0.25, 0.3) is 0 Å². The molecule has 0 radical (unpaired) electrons. The van der Waals surface area contributed by atoms with Crippen LogP contribution in [0, 0.1) is 34.4 Å². The summed E-state index contributed by atoms with van der Waals surface area (Å²) in [5, 5.41) is 17.5. The minimum atomic E-state index is -3.81. The lowest BCUT2D eigenvalue weighted by Crippen LogP contribution is -2.47. The van der Waals surface area contributed by atoms with Crippen LogP contribution in [0.2, 0.25) is 0 Å². The maximum atomic E-state index is 13.1. The fraction of sp³-hybridized carbons (Fsp3) is 0.500. The van der Waals surface area contributed by atoms with Gasteiger partial charge >= 0.3 is 0 Å². The molecule has 7 nitrogen and oxygen atoms in total. The van der Waals surface area contributed by atoms with Crippen molar-refractivity contribution >= 4 is 15.9 Å². The molecule has 9 heteroatoms. The van der Waals surface area contributed by atoms with Crippen LogP contribution in [0.4, 0.5) is 4.39 Å². The van der Waals surface area contributed by atoms with E-state index in [1.807, 2.05) is 12.1 Å². The van der Waals surface area contributed by atoms with Crippen LogP contribution in [-0.4, -0.2) is 49.7 Å². The van der Waals surface area contributed by atoms with Crippen molar-refractivity contribution in [3.05, 3.63) is 30.1 Å². The third-order valence-corrected chi connectivity index (χ3v) is 6.36. The van der Waals surface area contributed by atoms with E-state index < -0.39 is 21.8 Å². The highest BCUT2D eigenvalue weighted by Crippen LogP contribution is 2.25.